The molecule has 204 valence electrons. The van der Waals surface area contributed by atoms with Crippen molar-refractivity contribution in [2.75, 3.05) is 0 Å². The van der Waals surface area contributed by atoms with Gasteiger partial charge < -0.3 is 8.97 Å². The van der Waals surface area contributed by atoms with Gasteiger partial charge >= 0.3 is 0 Å². The van der Waals surface area contributed by atoms with Gasteiger partial charge in [-0.15, -0.1) is 0 Å². The number of aromatic nitrogens is 2. The third kappa shape index (κ3) is 3.14. The minimum atomic E-state index is 1.17. The van der Waals surface area contributed by atoms with Crippen LogP contribution in [-0.2, 0) is 0 Å². The van der Waals surface area contributed by atoms with Gasteiger partial charge in [0.15, 0.2) is 0 Å². The first-order chi connectivity index (χ1) is 21.8. The molecule has 10 aromatic rings. The van der Waals surface area contributed by atoms with E-state index in [1.807, 2.05) is 0 Å². The molecule has 3 aromatic heterocycles. The molecular weight excluding hydrogens is 532 g/mol. The molecule has 0 amide bonds. The Balaban J connectivity index is 1.28. The maximum atomic E-state index is 2.49. The summed E-state index contributed by atoms with van der Waals surface area (Å²) in [6, 6.07) is 57.6. The fourth-order valence-corrected chi connectivity index (χ4v) is 7.57. The number of para-hydroxylation sites is 4. The molecule has 0 aliphatic heterocycles. The lowest BCUT2D eigenvalue weighted by Crippen LogP contribution is -1.94. The van der Waals surface area contributed by atoms with E-state index in [0.717, 1.165) is 0 Å². The first-order valence-corrected chi connectivity index (χ1v) is 15.2. The molecule has 0 unspecified atom stereocenters. The third-order valence-corrected chi connectivity index (χ3v) is 9.44. The van der Waals surface area contributed by atoms with Gasteiger partial charge in [-0.3, -0.25) is 0 Å². The van der Waals surface area contributed by atoms with E-state index in [0.29, 0.717) is 0 Å². The first kappa shape index (κ1) is 23.7. The quantitative estimate of drug-likeness (QED) is 0.204. The molecular formula is C42H26N2. The first-order valence-electron chi connectivity index (χ1n) is 15.2. The lowest BCUT2D eigenvalue weighted by Gasteiger charge is -2.12. The van der Waals surface area contributed by atoms with Gasteiger partial charge in [-0.2, -0.15) is 0 Å². The molecule has 0 N–H and O–H groups in total. The van der Waals surface area contributed by atoms with Crippen LogP contribution < -0.4 is 0 Å². The molecule has 0 spiro atoms. The molecule has 0 atom stereocenters. The van der Waals surface area contributed by atoms with Crippen molar-refractivity contribution >= 4 is 59.9 Å². The predicted octanol–water partition coefficient (Wildman–Crippen LogP) is 11.3. The van der Waals surface area contributed by atoms with Crippen LogP contribution in [0.15, 0.2) is 158 Å². The van der Waals surface area contributed by atoms with E-state index in [9.17, 15) is 0 Å². The summed E-state index contributed by atoms with van der Waals surface area (Å²) < 4.78 is 4.93. The van der Waals surface area contributed by atoms with Crippen LogP contribution in [0.4, 0.5) is 0 Å². The average Bonchev–Trinajstić information content (AvgIpc) is 3.73. The smallest absolute Gasteiger partial charge is 0.0620 e. The average molecular weight is 559 g/mol. The van der Waals surface area contributed by atoms with Crippen molar-refractivity contribution in [1.29, 1.82) is 0 Å². The van der Waals surface area contributed by atoms with Crippen molar-refractivity contribution in [3.63, 3.8) is 0 Å². The van der Waals surface area contributed by atoms with Crippen LogP contribution in [0.25, 0.3) is 87.8 Å². The summed E-state index contributed by atoms with van der Waals surface area (Å²) in [7, 11) is 0. The van der Waals surface area contributed by atoms with Crippen molar-refractivity contribution in [3.05, 3.63) is 158 Å². The second kappa shape index (κ2) is 8.82. The number of benzene rings is 7. The van der Waals surface area contributed by atoms with Crippen LogP contribution in [0.5, 0.6) is 0 Å². The normalized spacial score (nSPS) is 12.1. The summed E-state index contributed by atoms with van der Waals surface area (Å²) in [4.78, 5) is 0. The second-order valence-corrected chi connectivity index (χ2v) is 11.8. The van der Waals surface area contributed by atoms with Crippen LogP contribution >= 0.6 is 0 Å². The topological polar surface area (TPSA) is 9.34 Å². The Bertz CT molecular complexity index is 2710. The fourth-order valence-electron chi connectivity index (χ4n) is 7.57. The van der Waals surface area contributed by atoms with Crippen LogP contribution in [0.1, 0.15) is 0 Å². The molecule has 0 aliphatic rings. The molecule has 3 heterocycles. The minimum absolute atomic E-state index is 1.17. The van der Waals surface area contributed by atoms with Gasteiger partial charge in [0, 0.05) is 43.6 Å². The summed E-state index contributed by atoms with van der Waals surface area (Å²) in [6.45, 7) is 0. The minimum Gasteiger partial charge on any atom is -0.309 e. The lowest BCUT2D eigenvalue weighted by molar-refractivity contribution is 1.18. The Morgan fingerprint density at radius 3 is 1.75 bits per heavy atom. The Morgan fingerprint density at radius 1 is 0.318 bits per heavy atom. The van der Waals surface area contributed by atoms with E-state index >= 15 is 0 Å². The van der Waals surface area contributed by atoms with E-state index in [2.05, 4.69) is 167 Å². The Labute approximate surface area is 254 Å². The monoisotopic (exact) mass is 558 g/mol. The summed E-state index contributed by atoms with van der Waals surface area (Å²) in [5, 5.41) is 7.75. The highest BCUT2D eigenvalue weighted by Crippen LogP contribution is 2.43. The zero-order valence-corrected chi connectivity index (χ0v) is 23.9. The van der Waals surface area contributed by atoms with E-state index in [1.165, 1.54) is 87.8 Å². The molecule has 7 aromatic carbocycles. The van der Waals surface area contributed by atoms with Gasteiger partial charge in [0.25, 0.3) is 0 Å². The number of hydrogen-bond donors (Lipinski definition) is 0. The number of nitrogens with zero attached hydrogens (tertiary/aromatic N) is 2. The van der Waals surface area contributed by atoms with Gasteiger partial charge in [0.2, 0.25) is 0 Å². The third-order valence-electron chi connectivity index (χ3n) is 9.44. The molecule has 10 rings (SSSR count). The second-order valence-electron chi connectivity index (χ2n) is 11.8. The Kier molecular flexibility index (Phi) is 4.75. The van der Waals surface area contributed by atoms with Gasteiger partial charge in [0.1, 0.15) is 0 Å². The highest BCUT2D eigenvalue weighted by Gasteiger charge is 2.20. The molecule has 2 nitrogen and oxygen atoms in total. The van der Waals surface area contributed by atoms with E-state index in [-0.39, 0.29) is 0 Å². The fraction of sp³-hybridized carbons (Fsp3) is 0. The maximum absolute atomic E-state index is 2.49. The van der Waals surface area contributed by atoms with E-state index in [1.54, 1.807) is 0 Å². The van der Waals surface area contributed by atoms with Crippen LogP contribution in [0, 0.1) is 0 Å². The Hall–Kier alpha value is -5.86. The molecule has 0 aliphatic carbocycles. The van der Waals surface area contributed by atoms with Crippen molar-refractivity contribution in [1.82, 2.24) is 8.97 Å². The number of fused-ring (bicyclic) bond motifs is 9. The van der Waals surface area contributed by atoms with Gasteiger partial charge in [0.05, 0.1) is 27.6 Å². The standard InChI is InChI=1S/C42H26N2/c1-2-11-27(12-3-1)28-13-8-14-30(25-28)43-38-21-6-4-15-32(38)34-24-23-29(26-40(34)43)31-17-9-19-36-37-20-10-18-35-33-16-5-7-22-39(33)44(41(31)36)42(35)37/h1-26H. The molecule has 0 fully saturated rings. The summed E-state index contributed by atoms with van der Waals surface area (Å²) in [5.74, 6) is 0. The van der Waals surface area contributed by atoms with Crippen molar-refractivity contribution in [2.24, 2.45) is 0 Å². The van der Waals surface area contributed by atoms with Gasteiger partial charge in [-0.05, 0) is 47.0 Å². The van der Waals surface area contributed by atoms with Crippen LogP contribution in [0.2, 0.25) is 0 Å². The van der Waals surface area contributed by atoms with E-state index < -0.39 is 0 Å². The molecule has 0 saturated carbocycles. The molecule has 0 radical (unpaired) electrons. The molecule has 44 heavy (non-hydrogen) atoms. The zero-order valence-electron chi connectivity index (χ0n) is 23.9. The summed E-state index contributed by atoms with van der Waals surface area (Å²) in [5.41, 5.74) is 12.3. The zero-order chi connectivity index (χ0) is 28.8. The summed E-state index contributed by atoms with van der Waals surface area (Å²) in [6.07, 6.45) is 0. The van der Waals surface area contributed by atoms with Gasteiger partial charge in [-0.25, -0.2) is 0 Å². The largest absolute Gasteiger partial charge is 0.309 e. The van der Waals surface area contributed by atoms with Crippen LogP contribution in [-0.4, -0.2) is 8.97 Å². The van der Waals surface area contributed by atoms with Crippen molar-refractivity contribution < 1.29 is 0 Å². The SMILES string of the molecule is c1ccc(-c2cccc(-n3c4ccccc4c4ccc(-c5cccc6c7cccc8c9ccccc9n(c56)c87)cc43)c2)cc1. The lowest BCUT2D eigenvalue weighted by atomic mass is 10.00. The van der Waals surface area contributed by atoms with Gasteiger partial charge in [-0.1, -0.05) is 127 Å². The highest BCUT2D eigenvalue weighted by atomic mass is 15.0. The molecule has 2 heteroatoms. The predicted molar refractivity (Wildman–Crippen MR) is 186 cm³/mol. The molecule has 0 bridgehead atoms. The van der Waals surface area contributed by atoms with Crippen molar-refractivity contribution in [2.45, 2.75) is 0 Å². The maximum Gasteiger partial charge on any atom is 0.0620 e. The number of hydrogen-bond acceptors (Lipinski definition) is 0. The van der Waals surface area contributed by atoms with Crippen molar-refractivity contribution in [3.8, 4) is 27.9 Å². The molecule has 0 saturated heterocycles. The highest BCUT2D eigenvalue weighted by molar-refractivity contribution is 6.25. The van der Waals surface area contributed by atoms with Crippen LogP contribution in [0.3, 0.4) is 0 Å². The Morgan fingerprint density at radius 2 is 0.909 bits per heavy atom. The van der Waals surface area contributed by atoms with E-state index in [4.69, 9.17) is 0 Å². The summed E-state index contributed by atoms with van der Waals surface area (Å²) >= 11 is 0. The number of rotatable bonds is 3.